The molecule has 0 atom stereocenters. The topological polar surface area (TPSA) is 84.3 Å². The van der Waals surface area contributed by atoms with E-state index in [2.05, 4.69) is 10.3 Å². The Morgan fingerprint density at radius 2 is 2.00 bits per heavy atom. The molecule has 0 spiro atoms. The second-order valence-corrected chi connectivity index (χ2v) is 6.32. The first-order valence-corrected chi connectivity index (χ1v) is 7.79. The summed E-state index contributed by atoms with van der Waals surface area (Å²) in [6.07, 6.45) is 0.745. The summed E-state index contributed by atoms with van der Waals surface area (Å²) in [5.74, 6) is -0.691. The van der Waals surface area contributed by atoms with Gasteiger partial charge in [0.15, 0.2) is 0 Å². The van der Waals surface area contributed by atoms with Crippen LogP contribution in [0.5, 0.6) is 0 Å². The van der Waals surface area contributed by atoms with E-state index in [-0.39, 0.29) is 5.56 Å². The Hall–Kier alpha value is -2.06. The number of carbonyl (C=O) groups excluding carboxylic acids is 2. The molecule has 1 N–H and O–H groups in total. The van der Waals surface area contributed by atoms with Gasteiger partial charge in [-0.25, -0.2) is 4.98 Å². The number of rotatable bonds is 1. The molecular formula is C14H16N4O3S. The molecule has 0 aliphatic carbocycles. The Bertz CT molecular complexity index is 838. The molecule has 2 aromatic heterocycles. The number of fused-ring (bicyclic) bond motifs is 3. The van der Waals surface area contributed by atoms with E-state index in [0.29, 0.717) is 16.0 Å². The predicted molar refractivity (Wildman–Crippen MR) is 83.6 cm³/mol. The number of nitrogens with zero attached hydrogens (tertiary/aromatic N) is 3. The van der Waals surface area contributed by atoms with Gasteiger partial charge in [0.25, 0.3) is 5.56 Å². The Balaban J connectivity index is 2.34. The van der Waals surface area contributed by atoms with Gasteiger partial charge in [0.1, 0.15) is 10.7 Å². The van der Waals surface area contributed by atoms with E-state index in [1.165, 1.54) is 25.2 Å². The Kier molecular flexibility index (Phi) is 3.57. The molecule has 8 heteroatoms. The summed E-state index contributed by atoms with van der Waals surface area (Å²) in [6, 6.07) is 0. The first kappa shape index (κ1) is 14.9. The van der Waals surface area contributed by atoms with Crippen molar-refractivity contribution in [3.8, 4) is 0 Å². The minimum Gasteiger partial charge on any atom is -0.312 e. The van der Waals surface area contributed by atoms with Crippen LogP contribution >= 0.6 is 11.3 Å². The van der Waals surface area contributed by atoms with Crippen molar-refractivity contribution in [2.45, 2.75) is 33.7 Å². The van der Waals surface area contributed by atoms with Gasteiger partial charge in [0.05, 0.1) is 5.39 Å². The normalized spacial score (nSPS) is 14.0. The monoisotopic (exact) mass is 320 g/mol. The third-order valence-corrected chi connectivity index (χ3v) is 4.81. The van der Waals surface area contributed by atoms with Crippen molar-refractivity contribution in [2.75, 3.05) is 11.6 Å². The van der Waals surface area contributed by atoms with Crippen LogP contribution in [0.3, 0.4) is 0 Å². The van der Waals surface area contributed by atoms with Gasteiger partial charge in [-0.3, -0.25) is 14.4 Å². The van der Waals surface area contributed by atoms with Gasteiger partial charge in [-0.2, -0.15) is 9.69 Å². The molecule has 1 aliphatic rings. The van der Waals surface area contributed by atoms with Crippen molar-refractivity contribution in [1.29, 1.82) is 0 Å². The number of hydrogen-bond acceptors (Lipinski definition) is 6. The van der Waals surface area contributed by atoms with E-state index in [4.69, 9.17) is 0 Å². The Morgan fingerprint density at radius 3 is 2.64 bits per heavy atom. The van der Waals surface area contributed by atoms with Gasteiger partial charge in [0.2, 0.25) is 11.8 Å². The number of nitrogens with one attached hydrogen (secondary N) is 1. The molecular weight excluding hydrogens is 304 g/mol. The maximum atomic E-state index is 12.9. The van der Waals surface area contributed by atoms with Crippen molar-refractivity contribution in [1.82, 2.24) is 15.0 Å². The van der Waals surface area contributed by atoms with E-state index >= 15 is 0 Å². The minimum atomic E-state index is -0.510. The molecule has 0 unspecified atom stereocenters. The first-order valence-electron chi connectivity index (χ1n) is 6.98. The highest BCUT2D eigenvalue weighted by molar-refractivity contribution is 7.18. The van der Waals surface area contributed by atoms with E-state index in [1.54, 1.807) is 6.92 Å². The molecule has 0 fully saturated rings. The van der Waals surface area contributed by atoms with Crippen LogP contribution in [0.1, 0.15) is 30.1 Å². The molecule has 2 aromatic rings. The zero-order valence-electron chi connectivity index (χ0n) is 12.6. The fourth-order valence-corrected chi connectivity index (χ4v) is 4.03. The van der Waals surface area contributed by atoms with Crippen molar-refractivity contribution in [3.05, 3.63) is 26.6 Å². The maximum absolute atomic E-state index is 12.9. The summed E-state index contributed by atoms with van der Waals surface area (Å²) in [6.45, 7) is 5.65. The molecule has 0 aromatic carbocycles. The SMILES string of the molecule is CC(=O)N(C(C)=O)n1c(C)nc2sc3c(c2c1=O)CCNC3. The van der Waals surface area contributed by atoms with Crippen LogP contribution in [-0.2, 0) is 22.6 Å². The van der Waals surface area contributed by atoms with Gasteiger partial charge in [-0.1, -0.05) is 0 Å². The highest BCUT2D eigenvalue weighted by Gasteiger charge is 2.25. The second kappa shape index (κ2) is 5.29. The number of imide groups is 1. The lowest BCUT2D eigenvalue weighted by atomic mass is 10.1. The van der Waals surface area contributed by atoms with Gasteiger partial charge in [0, 0.05) is 25.3 Å². The van der Waals surface area contributed by atoms with Crippen molar-refractivity contribution >= 4 is 33.4 Å². The fourth-order valence-electron chi connectivity index (χ4n) is 2.81. The van der Waals surface area contributed by atoms with Crippen molar-refractivity contribution in [3.63, 3.8) is 0 Å². The molecule has 7 nitrogen and oxygen atoms in total. The summed E-state index contributed by atoms with van der Waals surface area (Å²) in [4.78, 5) is 42.6. The lowest BCUT2D eigenvalue weighted by Gasteiger charge is -2.21. The molecule has 2 amide bonds. The highest BCUT2D eigenvalue weighted by Crippen LogP contribution is 2.30. The summed E-state index contributed by atoms with van der Waals surface area (Å²) in [7, 11) is 0. The Morgan fingerprint density at radius 1 is 1.32 bits per heavy atom. The molecule has 0 saturated carbocycles. The molecule has 3 heterocycles. The lowest BCUT2D eigenvalue weighted by molar-refractivity contribution is -0.126. The molecule has 0 radical (unpaired) electrons. The summed E-state index contributed by atoms with van der Waals surface area (Å²) >= 11 is 1.49. The van der Waals surface area contributed by atoms with Crippen LogP contribution in [0.15, 0.2) is 4.79 Å². The van der Waals surface area contributed by atoms with Crippen molar-refractivity contribution in [2.24, 2.45) is 0 Å². The molecule has 1 aliphatic heterocycles. The van der Waals surface area contributed by atoms with E-state index < -0.39 is 11.8 Å². The number of amides is 2. The maximum Gasteiger partial charge on any atom is 0.282 e. The van der Waals surface area contributed by atoms with Crippen LogP contribution in [-0.4, -0.2) is 28.0 Å². The second-order valence-electron chi connectivity index (χ2n) is 5.24. The van der Waals surface area contributed by atoms with Crippen molar-refractivity contribution < 1.29 is 9.59 Å². The highest BCUT2D eigenvalue weighted by atomic mass is 32.1. The van der Waals surface area contributed by atoms with Gasteiger partial charge >= 0.3 is 0 Å². The average molecular weight is 320 g/mol. The predicted octanol–water partition coefficient (Wildman–Crippen LogP) is 0.443. The van der Waals surface area contributed by atoms with Gasteiger partial charge in [-0.05, 0) is 25.5 Å². The number of aryl methyl sites for hydroxylation is 1. The number of aromatic nitrogens is 2. The number of thiophene rings is 1. The van der Waals surface area contributed by atoms with Gasteiger partial charge < -0.3 is 5.32 Å². The quantitative estimate of drug-likeness (QED) is 0.824. The molecule has 116 valence electrons. The van der Waals surface area contributed by atoms with Crippen LogP contribution in [0.25, 0.3) is 10.2 Å². The molecule has 3 rings (SSSR count). The summed E-state index contributed by atoms with van der Waals surface area (Å²) in [5.41, 5.74) is 0.629. The third-order valence-electron chi connectivity index (χ3n) is 3.68. The van der Waals surface area contributed by atoms with Crippen LogP contribution in [0.2, 0.25) is 0 Å². The standard InChI is InChI=1S/C14H16N4O3S/c1-7-16-13-12(10-4-5-15-6-11(10)22-13)14(21)17(7)18(8(2)19)9(3)20/h15H,4-6H2,1-3H3. The minimum absolute atomic E-state index is 0.328. The lowest BCUT2D eigenvalue weighted by Crippen LogP contribution is -2.49. The molecule has 0 bridgehead atoms. The van der Waals surface area contributed by atoms with Crippen LogP contribution < -0.4 is 15.9 Å². The fraction of sp³-hybridized carbons (Fsp3) is 0.429. The zero-order chi connectivity index (χ0) is 16.0. The van der Waals surface area contributed by atoms with E-state index in [1.807, 2.05) is 0 Å². The first-order chi connectivity index (χ1) is 10.4. The largest absolute Gasteiger partial charge is 0.312 e. The van der Waals surface area contributed by atoms with Gasteiger partial charge in [-0.15, -0.1) is 11.3 Å². The Labute approximate surface area is 130 Å². The molecule has 0 saturated heterocycles. The van der Waals surface area contributed by atoms with E-state index in [0.717, 1.165) is 39.6 Å². The number of hydrogen-bond donors (Lipinski definition) is 1. The smallest absolute Gasteiger partial charge is 0.282 e. The average Bonchev–Trinajstić information content (AvgIpc) is 2.80. The number of carbonyl (C=O) groups is 2. The third kappa shape index (κ3) is 2.15. The van der Waals surface area contributed by atoms with Crippen LogP contribution in [0, 0.1) is 6.92 Å². The summed E-state index contributed by atoms with van der Waals surface area (Å²) in [5, 5.41) is 4.63. The molecule has 22 heavy (non-hydrogen) atoms. The van der Waals surface area contributed by atoms with E-state index in [9.17, 15) is 14.4 Å². The van der Waals surface area contributed by atoms with Crippen LogP contribution in [0.4, 0.5) is 0 Å². The summed E-state index contributed by atoms with van der Waals surface area (Å²) < 4.78 is 1.09. The zero-order valence-corrected chi connectivity index (χ0v) is 13.4.